The van der Waals surface area contributed by atoms with Gasteiger partial charge in [0.25, 0.3) is 3.79 Å². The number of alkyl halides is 3. The zero-order valence-corrected chi connectivity index (χ0v) is 28.2. The summed E-state index contributed by atoms with van der Waals surface area (Å²) in [6, 6.07) is 25.7. The maximum absolute atomic E-state index is 13.6. The van der Waals surface area contributed by atoms with Crippen LogP contribution in [0.15, 0.2) is 91.0 Å². The first-order chi connectivity index (χ1) is 23.0. The second-order valence-electron chi connectivity index (χ2n) is 10.4. The first-order valence-electron chi connectivity index (χ1n) is 14.9. The van der Waals surface area contributed by atoms with Crippen LogP contribution in [-0.2, 0) is 49.4 Å². The normalized spacial score (nSPS) is 21.4. The smallest absolute Gasteiger partial charge is 0.339 e. The van der Waals surface area contributed by atoms with Gasteiger partial charge in [0.1, 0.15) is 18.8 Å². The fraction of sp³-hybridized carbons (Fsp3) is 0.353. The van der Waals surface area contributed by atoms with E-state index in [9.17, 15) is 14.4 Å². The summed E-state index contributed by atoms with van der Waals surface area (Å²) in [5, 5.41) is 8.32. The van der Waals surface area contributed by atoms with E-state index in [-0.39, 0.29) is 25.4 Å². The van der Waals surface area contributed by atoms with Crippen molar-refractivity contribution in [2.75, 3.05) is 13.2 Å². The molecule has 0 spiro atoms. The van der Waals surface area contributed by atoms with Gasteiger partial charge in [-0.25, -0.2) is 9.59 Å². The summed E-state index contributed by atoms with van der Waals surface area (Å²) in [5.74, 6) is -3.04. The molecule has 0 bridgehead atoms. The molecule has 256 valence electrons. The molecule has 1 fully saturated rings. The fourth-order valence-corrected chi connectivity index (χ4v) is 4.91. The first-order valence-corrected chi connectivity index (χ1v) is 16.0. The highest BCUT2D eigenvalue weighted by Gasteiger charge is 2.54. The molecule has 1 saturated heterocycles. The predicted octanol–water partition coefficient (Wildman–Crippen LogP) is 6.14. The summed E-state index contributed by atoms with van der Waals surface area (Å²) in [5.41, 5.74) is 1.35. The van der Waals surface area contributed by atoms with E-state index < -0.39 is 64.4 Å². The summed E-state index contributed by atoms with van der Waals surface area (Å²) in [7, 11) is 0. The zero-order chi connectivity index (χ0) is 34.7. The average molecular weight is 723 g/mol. The standard InChI is InChI=1S/C34H34Cl3NO10/c1-3-42-31(41)26(23-15-9-5-10-16-23)46-29-28(47-30(40)24-17-11-6-12-18-24)27(44-19-22-13-7-4-8-14-22)25(20-43-21(2)39)45-32(29)48-33(38)34(35,36)37/h4-18,25-29,32,38H,3,19-20H2,1-2H3/t25-,26+,27-,28+,29-,32-/m1/s1. The zero-order valence-electron chi connectivity index (χ0n) is 26.0. The van der Waals surface area contributed by atoms with E-state index in [2.05, 4.69) is 0 Å². The van der Waals surface area contributed by atoms with Crippen molar-refractivity contribution in [1.29, 1.82) is 5.41 Å². The second kappa shape index (κ2) is 17.6. The Bertz CT molecular complexity index is 1510. The van der Waals surface area contributed by atoms with Gasteiger partial charge in [0, 0.05) is 6.92 Å². The summed E-state index contributed by atoms with van der Waals surface area (Å²) >= 11 is 17.9. The molecule has 3 aromatic rings. The minimum Gasteiger partial charge on any atom is -0.464 e. The number of carbonyl (C=O) groups is 3. The molecule has 0 aromatic heterocycles. The van der Waals surface area contributed by atoms with Crippen LogP contribution in [0.3, 0.4) is 0 Å². The monoisotopic (exact) mass is 721 g/mol. The Labute approximate surface area is 292 Å². The van der Waals surface area contributed by atoms with Gasteiger partial charge in [-0.15, -0.1) is 0 Å². The van der Waals surface area contributed by atoms with E-state index in [1.54, 1.807) is 67.6 Å². The lowest BCUT2D eigenvalue weighted by Gasteiger charge is -2.45. The van der Waals surface area contributed by atoms with Crippen LogP contribution < -0.4 is 0 Å². The number of carbonyl (C=O) groups excluding carboxylic acids is 3. The van der Waals surface area contributed by atoms with Gasteiger partial charge in [-0.3, -0.25) is 10.2 Å². The van der Waals surface area contributed by atoms with Crippen molar-refractivity contribution in [2.24, 2.45) is 0 Å². The third-order valence-corrected chi connectivity index (χ3v) is 7.48. The quantitative estimate of drug-likeness (QED) is 0.0720. The van der Waals surface area contributed by atoms with Crippen LogP contribution in [0.25, 0.3) is 0 Å². The highest BCUT2D eigenvalue weighted by Crippen LogP contribution is 2.36. The molecule has 6 atom stereocenters. The SMILES string of the molecule is CCOC(=O)[C@@H](O[C@H]1[C@@H](OC(=N)C(Cl)(Cl)Cl)O[C@H](COC(C)=O)[C@@H](OCc2ccccc2)[C@@H]1OC(=O)c1ccccc1)c1ccccc1. The molecular formula is C34H34Cl3NO10. The Morgan fingerprint density at radius 3 is 2.02 bits per heavy atom. The van der Waals surface area contributed by atoms with Gasteiger partial charge < -0.3 is 33.2 Å². The van der Waals surface area contributed by atoms with Crippen LogP contribution in [0.2, 0.25) is 0 Å². The lowest BCUT2D eigenvalue weighted by atomic mass is 9.97. The molecular weight excluding hydrogens is 689 g/mol. The maximum Gasteiger partial charge on any atom is 0.339 e. The van der Waals surface area contributed by atoms with Crippen molar-refractivity contribution in [2.45, 2.75) is 61.1 Å². The van der Waals surface area contributed by atoms with Crippen LogP contribution in [0.5, 0.6) is 0 Å². The van der Waals surface area contributed by atoms with E-state index in [1.165, 1.54) is 6.92 Å². The molecule has 3 aromatic carbocycles. The van der Waals surface area contributed by atoms with Gasteiger partial charge in [0.2, 0.25) is 12.2 Å². The molecule has 48 heavy (non-hydrogen) atoms. The third-order valence-electron chi connectivity index (χ3n) is 6.97. The molecule has 1 aliphatic heterocycles. The van der Waals surface area contributed by atoms with E-state index in [1.807, 2.05) is 30.3 Å². The van der Waals surface area contributed by atoms with Crippen molar-refractivity contribution in [3.05, 3.63) is 108 Å². The Morgan fingerprint density at radius 1 is 0.833 bits per heavy atom. The Kier molecular flexibility index (Phi) is 13.6. The molecule has 0 unspecified atom stereocenters. The number of halogens is 3. The van der Waals surface area contributed by atoms with Crippen molar-refractivity contribution in [3.8, 4) is 0 Å². The number of rotatable bonds is 13. The molecule has 1 N–H and O–H groups in total. The van der Waals surface area contributed by atoms with Crippen LogP contribution in [0.1, 0.15) is 41.4 Å². The second-order valence-corrected chi connectivity index (χ2v) is 12.7. The number of ether oxygens (including phenoxy) is 7. The Morgan fingerprint density at radius 2 is 1.44 bits per heavy atom. The van der Waals surface area contributed by atoms with Gasteiger partial charge in [0.15, 0.2) is 18.3 Å². The van der Waals surface area contributed by atoms with E-state index in [0.717, 1.165) is 5.56 Å². The van der Waals surface area contributed by atoms with Crippen LogP contribution in [0, 0.1) is 5.41 Å². The highest BCUT2D eigenvalue weighted by molar-refractivity contribution is 6.76. The highest BCUT2D eigenvalue weighted by atomic mass is 35.6. The minimum atomic E-state index is -2.34. The molecule has 0 amide bonds. The fourth-order valence-electron chi connectivity index (χ4n) is 4.78. The van der Waals surface area contributed by atoms with Gasteiger partial charge >= 0.3 is 17.9 Å². The van der Waals surface area contributed by atoms with Crippen LogP contribution >= 0.6 is 34.8 Å². The molecule has 1 aliphatic rings. The van der Waals surface area contributed by atoms with E-state index in [0.29, 0.717) is 5.56 Å². The molecule has 0 aliphatic carbocycles. The Hall–Kier alpha value is -3.71. The first kappa shape index (κ1) is 37.1. The lowest BCUT2D eigenvalue weighted by molar-refractivity contribution is -0.306. The van der Waals surface area contributed by atoms with Gasteiger partial charge in [-0.05, 0) is 30.2 Å². The summed E-state index contributed by atoms with van der Waals surface area (Å²) < 4.78 is 39.0. The number of hydrogen-bond donors (Lipinski definition) is 1. The van der Waals surface area contributed by atoms with Gasteiger partial charge in [0.05, 0.1) is 18.8 Å². The molecule has 0 saturated carbocycles. The predicted molar refractivity (Wildman–Crippen MR) is 176 cm³/mol. The number of esters is 3. The molecule has 1 heterocycles. The van der Waals surface area contributed by atoms with Crippen molar-refractivity contribution >= 4 is 58.6 Å². The van der Waals surface area contributed by atoms with Crippen molar-refractivity contribution in [3.63, 3.8) is 0 Å². The lowest BCUT2D eigenvalue weighted by Crippen LogP contribution is -2.63. The minimum absolute atomic E-state index is 0.00697. The average Bonchev–Trinajstić information content (AvgIpc) is 3.07. The van der Waals surface area contributed by atoms with E-state index in [4.69, 9.17) is 73.4 Å². The van der Waals surface area contributed by atoms with Gasteiger partial charge in [-0.2, -0.15) is 0 Å². The van der Waals surface area contributed by atoms with Crippen LogP contribution in [0.4, 0.5) is 0 Å². The third kappa shape index (κ3) is 10.4. The van der Waals surface area contributed by atoms with E-state index >= 15 is 0 Å². The largest absolute Gasteiger partial charge is 0.464 e. The molecule has 0 radical (unpaired) electrons. The maximum atomic E-state index is 13.6. The van der Waals surface area contributed by atoms with Crippen molar-refractivity contribution in [1.82, 2.24) is 0 Å². The summed E-state index contributed by atoms with van der Waals surface area (Å²) in [4.78, 5) is 38.9. The van der Waals surface area contributed by atoms with Crippen molar-refractivity contribution < 1.29 is 47.5 Å². The topological polar surface area (TPSA) is 140 Å². The molecule has 14 heteroatoms. The summed E-state index contributed by atoms with van der Waals surface area (Å²) in [6.45, 7) is 2.49. The summed E-state index contributed by atoms with van der Waals surface area (Å²) in [6.07, 6.45) is -8.37. The number of hydrogen-bond acceptors (Lipinski definition) is 11. The van der Waals surface area contributed by atoms with Crippen LogP contribution in [-0.4, -0.2) is 71.5 Å². The Balaban J connectivity index is 1.83. The van der Waals surface area contributed by atoms with Gasteiger partial charge in [-0.1, -0.05) is 114 Å². The molecule has 11 nitrogen and oxygen atoms in total. The number of benzene rings is 3. The molecule has 4 rings (SSSR count). The number of nitrogens with one attached hydrogen (secondary N) is 1.